The Morgan fingerprint density at radius 2 is 2.00 bits per heavy atom. The van der Waals surface area contributed by atoms with E-state index in [1.807, 2.05) is 0 Å². The summed E-state index contributed by atoms with van der Waals surface area (Å²) in [6.07, 6.45) is 2.24. The molecule has 2 aliphatic rings. The molecule has 100 valence electrons. The first kappa shape index (κ1) is 13.2. The lowest BCUT2D eigenvalue weighted by atomic mass is 9.49. The van der Waals surface area contributed by atoms with E-state index in [0.717, 1.165) is 19.3 Å². The van der Waals surface area contributed by atoms with Crippen molar-refractivity contribution in [3.05, 3.63) is 0 Å². The Hall–Kier alpha value is -0.260. The fraction of sp³-hybridized carbons (Fsp3) is 1.00. The number of rotatable bonds is 5. The van der Waals surface area contributed by atoms with E-state index in [1.54, 1.807) is 0 Å². The van der Waals surface area contributed by atoms with Crippen molar-refractivity contribution in [1.29, 1.82) is 0 Å². The molecule has 0 aromatic rings. The minimum atomic E-state index is -2.57. The monoisotopic (exact) mass is 248 g/mol. The molecule has 3 nitrogen and oxygen atoms in total. The third-order valence-electron chi connectivity index (χ3n) is 4.70. The van der Waals surface area contributed by atoms with Gasteiger partial charge >= 0.3 is 0 Å². The Bertz CT molecular complexity index is 276. The van der Waals surface area contributed by atoms with Gasteiger partial charge in [0, 0.05) is 18.3 Å². The van der Waals surface area contributed by atoms with Crippen LogP contribution in [-0.4, -0.2) is 18.9 Å². The summed E-state index contributed by atoms with van der Waals surface area (Å²) in [5.41, 5.74) is 10.7. The highest BCUT2D eigenvalue weighted by molar-refractivity contribution is 5.09. The van der Waals surface area contributed by atoms with Gasteiger partial charge in [0.25, 0.3) is 0 Å². The van der Waals surface area contributed by atoms with Gasteiger partial charge in [-0.05, 0) is 24.7 Å². The summed E-state index contributed by atoms with van der Waals surface area (Å²) in [5.74, 6) is -1.75. The molecule has 0 spiro atoms. The quantitative estimate of drug-likeness (QED) is 0.732. The number of hydrogen-bond acceptors (Lipinski definition) is 3. The van der Waals surface area contributed by atoms with Gasteiger partial charge in [-0.2, -0.15) is 0 Å². The maximum absolute atomic E-state index is 13.2. The minimum absolute atomic E-state index is 0.00198. The van der Waals surface area contributed by atoms with Crippen molar-refractivity contribution in [3.63, 3.8) is 0 Å². The molecule has 2 saturated carbocycles. The first-order valence-corrected chi connectivity index (χ1v) is 6.40. The minimum Gasteiger partial charge on any atom is -0.348 e. The topological polar surface area (TPSA) is 61.3 Å². The highest BCUT2D eigenvalue weighted by atomic mass is 19.3. The van der Waals surface area contributed by atoms with Gasteiger partial charge in [0.05, 0.1) is 6.73 Å². The van der Waals surface area contributed by atoms with Gasteiger partial charge in [-0.15, -0.1) is 0 Å². The average Bonchev–Trinajstić information content (AvgIpc) is 2.13. The van der Waals surface area contributed by atoms with Crippen molar-refractivity contribution >= 4 is 0 Å². The molecule has 0 aliphatic heterocycles. The van der Waals surface area contributed by atoms with Crippen molar-refractivity contribution in [2.24, 2.45) is 28.7 Å². The summed E-state index contributed by atoms with van der Waals surface area (Å²) in [5, 5.41) is 0. The lowest BCUT2D eigenvalue weighted by Crippen LogP contribution is -2.63. The second kappa shape index (κ2) is 4.44. The molecule has 5 heteroatoms. The second-order valence-corrected chi connectivity index (χ2v) is 5.55. The Morgan fingerprint density at radius 1 is 1.35 bits per heavy atom. The molecule has 3 atom stereocenters. The molecule has 0 aromatic carbocycles. The molecule has 0 heterocycles. The Balaban J connectivity index is 2.09. The standard InChI is InChI=1S/C12H22F2N2O/c1-2-8-3-4-9(8)11(10(16)17-7-15)5-12(13,14)6-11/h8-10H,2-7,15-16H2,1H3. The van der Waals surface area contributed by atoms with Gasteiger partial charge in [0.1, 0.15) is 6.23 Å². The highest BCUT2D eigenvalue weighted by Crippen LogP contribution is 2.64. The summed E-state index contributed by atoms with van der Waals surface area (Å²) in [7, 11) is 0. The predicted molar refractivity (Wildman–Crippen MR) is 61.2 cm³/mol. The summed E-state index contributed by atoms with van der Waals surface area (Å²) in [4.78, 5) is 0. The maximum Gasteiger partial charge on any atom is 0.249 e. The van der Waals surface area contributed by atoms with Crippen molar-refractivity contribution in [2.75, 3.05) is 6.73 Å². The average molecular weight is 248 g/mol. The first-order valence-electron chi connectivity index (χ1n) is 6.40. The molecule has 17 heavy (non-hydrogen) atoms. The van der Waals surface area contributed by atoms with Crippen LogP contribution in [0.4, 0.5) is 8.78 Å². The van der Waals surface area contributed by atoms with Gasteiger partial charge in [0.15, 0.2) is 0 Å². The van der Waals surface area contributed by atoms with Crippen LogP contribution in [0.5, 0.6) is 0 Å². The number of hydrogen-bond donors (Lipinski definition) is 2. The first-order chi connectivity index (χ1) is 7.95. The van der Waals surface area contributed by atoms with Crippen LogP contribution in [0, 0.1) is 17.3 Å². The Kier molecular flexibility index (Phi) is 3.45. The van der Waals surface area contributed by atoms with Crippen LogP contribution in [0.3, 0.4) is 0 Å². The molecule has 3 unspecified atom stereocenters. The van der Waals surface area contributed by atoms with E-state index in [-0.39, 0.29) is 25.5 Å². The fourth-order valence-corrected chi connectivity index (χ4v) is 3.67. The highest BCUT2D eigenvalue weighted by Gasteiger charge is 2.65. The van der Waals surface area contributed by atoms with Crippen LogP contribution in [-0.2, 0) is 4.74 Å². The third kappa shape index (κ3) is 2.09. The van der Waals surface area contributed by atoms with Crippen LogP contribution in [0.1, 0.15) is 39.0 Å². The van der Waals surface area contributed by atoms with Crippen molar-refractivity contribution in [2.45, 2.75) is 51.2 Å². The summed E-state index contributed by atoms with van der Waals surface area (Å²) in [6, 6.07) is 0. The molecular formula is C12H22F2N2O. The van der Waals surface area contributed by atoms with Gasteiger partial charge in [-0.25, -0.2) is 8.78 Å². The molecular weight excluding hydrogens is 226 g/mol. The van der Waals surface area contributed by atoms with Gasteiger partial charge in [-0.3, -0.25) is 0 Å². The van der Waals surface area contributed by atoms with E-state index in [9.17, 15) is 8.78 Å². The van der Waals surface area contributed by atoms with E-state index in [2.05, 4.69) is 6.92 Å². The number of halogens is 2. The molecule has 2 rings (SSSR count). The molecule has 0 radical (unpaired) electrons. The van der Waals surface area contributed by atoms with Gasteiger partial charge in [0.2, 0.25) is 5.92 Å². The van der Waals surface area contributed by atoms with Gasteiger partial charge in [-0.1, -0.05) is 13.3 Å². The fourth-order valence-electron chi connectivity index (χ4n) is 3.67. The van der Waals surface area contributed by atoms with E-state index in [4.69, 9.17) is 16.2 Å². The van der Waals surface area contributed by atoms with Crippen LogP contribution < -0.4 is 11.5 Å². The maximum atomic E-state index is 13.2. The van der Waals surface area contributed by atoms with Crippen LogP contribution >= 0.6 is 0 Å². The van der Waals surface area contributed by atoms with Crippen LogP contribution in [0.2, 0.25) is 0 Å². The van der Waals surface area contributed by atoms with E-state index in [0.29, 0.717) is 5.92 Å². The number of nitrogens with two attached hydrogens (primary N) is 2. The summed E-state index contributed by atoms with van der Waals surface area (Å²) in [6.45, 7) is 2.11. The summed E-state index contributed by atoms with van der Waals surface area (Å²) >= 11 is 0. The lowest BCUT2D eigenvalue weighted by Gasteiger charge is -2.59. The smallest absolute Gasteiger partial charge is 0.249 e. The Labute approximate surface area is 101 Å². The van der Waals surface area contributed by atoms with E-state index >= 15 is 0 Å². The molecule has 0 aromatic heterocycles. The molecule has 2 aliphatic carbocycles. The van der Waals surface area contributed by atoms with Crippen LogP contribution in [0.15, 0.2) is 0 Å². The number of alkyl halides is 2. The molecule has 0 bridgehead atoms. The van der Waals surface area contributed by atoms with Gasteiger partial charge < -0.3 is 16.2 Å². The normalized spacial score (nSPS) is 35.8. The largest absolute Gasteiger partial charge is 0.348 e. The predicted octanol–water partition coefficient (Wildman–Crippen LogP) is 2.06. The van der Waals surface area contributed by atoms with E-state index < -0.39 is 17.6 Å². The molecule has 2 fully saturated rings. The second-order valence-electron chi connectivity index (χ2n) is 5.55. The van der Waals surface area contributed by atoms with Crippen LogP contribution in [0.25, 0.3) is 0 Å². The summed E-state index contributed by atoms with van der Waals surface area (Å²) < 4.78 is 31.7. The molecule has 0 amide bonds. The van der Waals surface area contributed by atoms with Crippen molar-refractivity contribution < 1.29 is 13.5 Å². The zero-order chi connectivity index (χ0) is 12.7. The molecule has 0 saturated heterocycles. The zero-order valence-corrected chi connectivity index (χ0v) is 10.3. The Morgan fingerprint density at radius 3 is 2.35 bits per heavy atom. The number of ether oxygens (including phenoxy) is 1. The zero-order valence-electron chi connectivity index (χ0n) is 10.3. The van der Waals surface area contributed by atoms with Crippen molar-refractivity contribution in [1.82, 2.24) is 0 Å². The van der Waals surface area contributed by atoms with E-state index in [1.165, 1.54) is 0 Å². The van der Waals surface area contributed by atoms with Crippen molar-refractivity contribution in [3.8, 4) is 0 Å². The third-order valence-corrected chi connectivity index (χ3v) is 4.70. The lowest BCUT2D eigenvalue weighted by molar-refractivity contribution is -0.252. The SMILES string of the molecule is CCC1CCC1C1(C(N)OCN)CC(F)(F)C1. The molecule has 4 N–H and O–H groups in total.